The number of hydrogen-bond acceptors (Lipinski definition) is 5. The first kappa shape index (κ1) is 18.9. The minimum Gasteiger partial charge on any atom is -0.482 e. The van der Waals surface area contributed by atoms with E-state index in [0.29, 0.717) is 23.7 Å². The highest BCUT2D eigenvalue weighted by molar-refractivity contribution is 6.30. The first-order chi connectivity index (χ1) is 13.0. The Labute approximate surface area is 162 Å². The van der Waals surface area contributed by atoms with Crippen molar-refractivity contribution in [1.29, 1.82) is 0 Å². The number of esters is 1. The van der Waals surface area contributed by atoms with Gasteiger partial charge in [0.1, 0.15) is 5.75 Å². The first-order valence-corrected chi connectivity index (χ1v) is 8.88. The molecule has 0 fully saturated rings. The summed E-state index contributed by atoms with van der Waals surface area (Å²) in [5.74, 6) is -0.444. The molecule has 0 spiro atoms. The number of aryl methyl sites for hydroxylation is 1. The number of benzene rings is 2. The van der Waals surface area contributed by atoms with Crippen LogP contribution in [0, 0.1) is 6.92 Å². The molecule has 1 heterocycles. The monoisotopic (exact) mass is 386 g/mol. The Morgan fingerprint density at radius 2 is 1.93 bits per heavy atom. The molecule has 1 aliphatic heterocycles. The molecule has 27 heavy (non-hydrogen) atoms. The lowest BCUT2D eigenvalue weighted by molar-refractivity contribution is -0.153. The number of hydrazone groups is 1. The van der Waals surface area contributed by atoms with Crippen LogP contribution in [0.15, 0.2) is 53.6 Å². The topological polar surface area (TPSA) is 68.2 Å². The summed E-state index contributed by atoms with van der Waals surface area (Å²) in [7, 11) is 0. The summed E-state index contributed by atoms with van der Waals surface area (Å²) in [6, 6.07) is 14.8. The van der Waals surface area contributed by atoms with Crippen molar-refractivity contribution in [3.05, 3.63) is 64.7 Å². The van der Waals surface area contributed by atoms with Gasteiger partial charge in [0.25, 0.3) is 5.91 Å². The van der Waals surface area contributed by atoms with Crippen LogP contribution in [0.3, 0.4) is 0 Å². The molecule has 0 saturated carbocycles. The fourth-order valence-electron chi connectivity index (χ4n) is 2.64. The Morgan fingerprint density at radius 3 is 2.67 bits per heavy atom. The standard InChI is InChI=1S/C20H19ClN2O4/c1-14-11-16(21)7-8-18(14)26-13-20(25)27-12-19(24)23-10-9-17(22-23)15-5-3-2-4-6-15/h2-8,11H,9-10,12-13H2,1H3. The van der Waals surface area contributed by atoms with Crippen LogP contribution in [0.25, 0.3) is 0 Å². The van der Waals surface area contributed by atoms with E-state index in [9.17, 15) is 9.59 Å². The summed E-state index contributed by atoms with van der Waals surface area (Å²) in [6.07, 6.45) is 0.669. The Kier molecular flexibility index (Phi) is 6.08. The molecule has 140 valence electrons. The van der Waals surface area contributed by atoms with Crippen LogP contribution in [0.2, 0.25) is 5.02 Å². The van der Waals surface area contributed by atoms with Crippen molar-refractivity contribution in [3.8, 4) is 5.75 Å². The number of ether oxygens (including phenoxy) is 2. The van der Waals surface area contributed by atoms with Gasteiger partial charge in [-0.1, -0.05) is 41.9 Å². The van der Waals surface area contributed by atoms with Crippen molar-refractivity contribution in [2.24, 2.45) is 5.10 Å². The number of rotatable bonds is 6. The van der Waals surface area contributed by atoms with E-state index in [1.165, 1.54) is 5.01 Å². The summed E-state index contributed by atoms with van der Waals surface area (Å²) in [4.78, 5) is 24.0. The summed E-state index contributed by atoms with van der Waals surface area (Å²) < 4.78 is 10.4. The highest BCUT2D eigenvalue weighted by Gasteiger charge is 2.22. The third-order valence-electron chi connectivity index (χ3n) is 4.04. The van der Waals surface area contributed by atoms with E-state index < -0.39 is 5.97 Å². The summed E-state index contributed by atoms with van der Waals surface area (Å²) >= 11 is 5.88. The van der Waals surface area contributed by atoms with Crippen LogP contribution in [0.5, 0.6) is 5.75 Å². The van der Waals surface area contributed by atoms with Crippen molar-refractivity contribution < 1.29 is 19.1 Å². The summed E-state index contributed by atoms with van der Waals surface area (Å²) in [5, 5.41) is 6.24. The molecule has 0 N–H and O–H groups in total. The lowest BCUT2D eigenvalue weighted by atomic mass is 10.1. The maximum Gasteiger partial charge on any atom is 0.344 e. The van der Waals surface area contributed by atoms with Crippen LogP contribution < -0.4 is 4.74 Å². The van der Waals surface area contributed by atoms with Gasteiger partial charge >= 0.3 is 5.97 Å². The second kappa shape index (κ2) is 8.68. The zero-order chi connectivity index (χ0) is 19.2. The van der Waals surface area contributed by atoms with Gasteiger partial charge in [0.15, 0.2) is 13.2 Å². The molecule has 2 aromatic carbocycles. The maximum absolute atomic E-state index is 12.2. The molecule has 0 saturated heterocycles. The number of nitrogens with zero attached hydrogens (tertiary/aromatic N) is 2. The van der Waals surface area contributed by atoms with Gasteiger partial charge in [-0.3, -0.25) is 4.79 Å². The minimum absolute atomic E-state index is 0.283. The molecule has 2 aromatic rings. The molecule has 0 bridgehead atoms. The quantitative estimate of drug-likeness (QED) is 0.715. The molecule has 0 atom stereocenters. The average Bonchev–Trinajstić information content (AvgIpc) is 3.16. The van der Waals surface area contributed by atoms with Gasteiger partial charge in [-0.25, -0.2) is 9.80 Å². The lowest BCUT2D eigenvalue weighted by Gasteiger charge is -2.12. The zero-order valence-electron chi connectivity index (χ0n) is 14.9. The van der Waals surface area contributed by atoms with E-state index in [2.05, 4.69) is 5.10 Å². The first-order valence-electron chi connectivity index (χ1n) is 8.51. The van der Waals surface area contributed by atoms with Gasteiger partial charge in [0.05, 0.1) is 12.3 Å². The summed E-state index contributed by atoms with van der Waals surface area (Å²) in [6.45, 7) is 1.65. The highest BCUT2D eigenvalue weighted by Crippen LogP contribution is 2.21. The van der Waals surface area contributed by atoms with E-state index in [-0.39, 0.29) is 19.1 Å². The van der Waals surface area contributed by atoms with E-state index in [1.54, 1.807) is 18.2 Å². The predicted octanol–water partition coefficient (Wildman–Crippen LogP) is 3.21. The Morgan fingerprint density at radius 1 is 1.15 bits per heavy atom. The number of hydrogen-bond donors (Lipinski definition) is 0. The largest absolute Gasteiger partial charge is 0.482 e. The van der Waals surface area contributed by atoms with Crippen LogP contribution in [-0.4, -0.2) is 42.4 Å². The van der Waals surface area contributed by atoms with Gasteiger partial charge < -0.3 is 9.47 Å². The van der Waals surface area contributed by atoms with E-state index in [1.807, 2.05) is 37.3 Å². The minimum atomic E-state index is -0.621. The molecule has 0 aliphatic carbocycles. The molecule has 0 aromatic heterocycles. The van der Waals surface area contributed by atoms with Gasteiger partial charge in [-0.2, -0.15) is 5.10 Å². The molecule has 0 radical (unpaired) electrons. The summed E-state index contributed by atoms with van der Waals surface area (Å²) in [5.41, 5.74) is 2.64. The van der Waals surface area contributed by atoms with E-state index in [4.69, 9.17) is 21.1 Å². The highest BCUT2D eigenvalue weighted by atomic mass is 35.5. The zero-order valence-corrected chi connectivity index (χ0v) is 15.6. The molecule has 6 nitrogen and oxygen atoms in total. The third kappa shape index (κ3) is 5.08. The van der Waals surface area contributed by atoms with Crippen LogP contribution in [0.1, 0.15) is 17.5 Å². The van der Waals surface area contributed by atoms with Crippen molar-refractivity contribution in [2.75, 3.05) is 19.8 Å². The van der Waals surface area contributed by atoms with Gasteiger partial charge in [-0.15, -0.1) is 0 Å². The van der Waals surface area contributed by atoms with Crippen LogP contribution in [-0.2, 0) is 14.3 Å². The molecular weight excluding hydrogens is 368 g/mol. The number of carbonyl (C=O) groups is 2. The van der Waals surface area contributed by atoms with Crippen molar-refractivity contribution >= 4 is 29.2 Å². The predicted molar refractivity (Wildman–Crippen MR) is 102 cm³/mol. The molecule has 1 amide bonds. The SMILES string of the molecule is Cc1cc(Cl)ccc1OCC(=O)OCC(=O)N1CCC(c2ccccc2)=N1. The van der Waals surface area contributed by atoms with Crippen molar-refractivity contribution in [2.45, 2.75) is 13.3 Å². The molecule has 1 aliphatic rings. The Hall–Kier alpha value is -2.86. The number of carbonyl (C=O) groups excluding carboxylic acids is 2. The molecular formula is C20H19ClN2O4. The third-order valence-corrected chi connectivity index (χ3v) is 4.27. The molecule has 3 rings (SSSR count). The van der Waals surface area contributed by atoms with Gasteiger partial charge in [0, 0.05) is 11.4 Å². The fraction of sp³-hybridized carbons (Fsp3) is 0.250. The number of halogens is 1. The number of amides is 1. The van der Waals surface area contributed by atoms with Gasteiger partial charge in [-0.05, 0) is 36.2 Å². The Balaban J connectivity index is 1.46. The van der Waals surface area contributed by atoms with E-state index in [0.717, 1.165) is 16.8 Å². The van der Waals surface area contributed by atoms with E-state index >= 15 is 0 Å². The maximum atomic E-state index is 12.2. The fourth-order valence-corrected chi connectivity index (χ4v) is 2.87. The van der Waals surface area contributed by atoms with Crippen molar-refractivity contribution in [1.82, 2.24) is 5.01 Å². The lowest BCUT2D eigenvalue weighted by Crippen LogP contribution is -2.29. The second-order valence-corrected chi connectivity index (χ2v) is 6.48. The normalized spacial score (nSPS) is 13.3. The molecule has 0 unspecified atom stereocenters. The smallest absolute Gasteiger partial charge is 0.344 e. The van der Waals surface area contributed by atoms with Crippen LogP contribution >= 0.6 is 11.6 Å². The van der Waals surface area contributed by atoms with Gasteiger partial charge in [0.2, 0.25) is 0 Å². The second-order valence-electron chi connectivity index (χ2n) is 6.04. The Bertz CT molecular complexity index is 868. The van der Waals surface area contributed by atoms with Crippen LogP contribution in [0.4, 0.5) is 0 Å². The average molecular weight is 387 g/mol. The van der Waals surface area contributed by atoms with Crippen molar-refractivity contribution in [3.63, 3.8) is 0 Å². The molecule has 7 heteroatoms.